The Morgan fingerprint density at radius 3 is 2.31 bits per heavy atom. The summed E-state index contributed by atoms with van der Waals surface area (Å²) < 4.78 is 43.7. The van der Waals surface area contributed by atoms with Crippen molar-refractivity contribution < 1.29 is 22.7 Å². The van der Waals surface area contributed by atoms with Crippen molar-refractivity contribution in [3.63, 3.8) is 0 Å². The van der Waals surface area contributed by atoms with Gasteiger partial charge in [0, 0.05) is 39.8 Å². The summed E-state index contributed by atoms with van der Waals surface area (Å²) in [6.45, 7) is 2.98. The number of hydrogen-bond donors (Lipinski definition) is 2. The molecule has 0 spiro atoms. The molecular formula is C19H28F3N5O2. The first-order chi connectivity index (χ1) is 13.7. The average Bonchev–Trinajstić information content (AvgIpc) is 2.72. The summed E-state index contributed by atoms with van der Waals surface area (Å²) in [6.07, 6.45) is -4.23. The van der Waals surface area contributed by atoms with Gasteiger partial charge in [-0.05, 0) is 24.6 Å². The number of methoxy groups -OCH3 is 1. The quantitative estimate of drug-likeness (QED) is 0.544. The molecule has 10 heteroatoms. The second-order valence-corrected chi connectivity index (χ2v) is 6.77. The highest BCUT2D eigenvalue weighted by atomic mass is 19.4. The van der Waals surface area contributed by atoms with Crippen LogP contribution in [0.1, 0.15) is 12.5 Å². The molecule has 1 saturated heterocycles. The van der Waals surface area contributed by atoms with Gasteiger partial charge in [0.15, 0.2) is 5.96 Å². The van der Waals surface area contributed by atoms with Crippen molar-refractivity contribution in [1.82, 2.24) is 20.4 Å². The van der Waals surface area contributed by atoms with E-state index in [1.807, 2.05) is 29.2 Å². The number of carbonyl (C=O) groups is 1. The molecule has 1 amide bonds. The summed E-state index contributed by atoms with van der Waals surface area (Å²) in [7, 11) is 3.17. The molecule has 1 atom stereocenters. The molecule has 1 unspecified atom stereocenters. The summed E-state index contributed by atoms with van der Waals surface area (Å²) in [4.78, 5) is 19.5. The Kier molecular flexibility index (Phi) is 8.12. The van der Waals surface area contributed by atoms with E-state index in [-0.39, 0.29) is 25.5 Å². The highest BCUT2D eigenvalue weighted by Gasteiger charge is 2.41. The predicted octanol–water partition coefficient (Wildman–Crippen LogP) is 1.46. The number of alkyl halides is 3. The molecule has 0 saturated carbocycles. The standard InChI is InChI=1S/C19H28F3N5O2/c1-14(19(20,21)22)26-8-10-27(11-9-26)18(23-2)25-13-17(28)24-12-15-4-6-16(29-3)7-5-15/h4-7,14H,8-13H2,1-3H3,(H,23,25)(H,24,28). The van der Waals surface area contributed by atoms with Crippen LogP contribution in [0.25, 0.3) is 0 Å². The van der Waals surface area contributed by atoms with Crippen molar-refractivity contribution in [2.24, 2.45) is 4.99 Å². The molecule has 7 nitrogen and oxygen atoms in total. The second kappa shape index (κ2) is 10.3. The number of ether oxygens (including phenoxy) is 1. The maximum absolute atomic E-state index is 12.9. The fraction of sp³-hybridized carbons (Fsp3) is 0.579. The topological polar surface area (TPSA) is 69.2 Å². The summed E-state index contributed by atoms with van der Waals surface area (Å²) in [5, 5.41) is 5.78. The molecule has 1 fully saturated rings. The van der Waals surface area contributed by atoms with E-state index in [4.69, 9.17) is 4.74 Å². The van der Waals surface area contributed by atoms with E-state index in [0.29, 0.717) is 25.6 Å². The van der Waals surface area contributed by atoms with Crippen LogP contribution in [0.15, 0.2) is 29.3 Å². The van der Waals surface area contributed by atoms with Crippen molar-refractivity contribution >= 4 is 11.9 Å². The molecule has 162 valence electrons. The van der Waals surface area contributed by atoms with Crippen LogP contribution in [0.5, 0.6) is 5.75 Å². The molecular weight excluding hydrogens is 387 g/mol. The highest BCUT2D eigenvalue weighted by Crippen LogP contribution is 2.25. The van der Waals surface area contributed by atoms with Gasteiger partial charge >= 0.3 is 6.18 Å². The SMILES string of the molecule is CN=C(NCC(=O)NCc1ccc(OC)cc1)N1CCN(C(C)C(F)(F)F)CC1. The Morgan fingerprint density at radius 2 is 1.79 bits per heavy atom. The summed E-state index contributed by atoms with van der Waals surface area (Å²) >= 11 is 0. The van der Waals surface area contributed by atoms with Crippen LogP contribution in [-0.4, -0.2) is 80.8 Å². The first-order valence-corrected chi connectivity index (χ1v) is 9.40. The van der Waals surface area contributed by atoms with Crippen molar-refractivity contribution in [1.29, 1.82) is 0 Å². The van der Waals surface area contributed by atoms with Gasteiger partial charge in [-0.15, -0.1) is 0 Å². The number of benzene rings is 1. The van der Waals surface area contributed by atoms with Gasteiger partial charge in [-0.2, -0.15) is 13.2 Å². The minimum atomic E-state index is -4.23. The number of guanidine groups is 1. The van der Waals surface area contributed by atoms with E-state index in [1.165, 1.54) is 11.8 Å². The summed E-state index contributed by atoms with van der Waals surface area (Å²) in [5.41, 5.74) is 0.943. The van der Waals surface area contributed by atoms with E-state index in [9.17, 15) is 18.0 Å². The number of rotatable bonds is 6. The molecule has 1 heterocycles. The number of nitrogens with zero attached hydrogens (tertiary/aromatic N) is 3. The monoisotopic (exact) mass is 415 g/mol. The normalized spacial score (nSPS) is 17.0. The number of nitrogens with one attached hydrogen (secondary N) is 2. The molecule has 2 N–H and O–H groups in total. The lowest BCUT2D eigenvalue weighted by atomic mass is 10.2. The number of amides is 1. The van der Waals surface area contributed by atoms with Gasteiger partial charge in [-0.3, -0.25) is 14.7 Å². The fourth-order valence-electron chi connectivity index (χ4n) is 3.03. The fourth-order valence-corrected chi connectivity index (χ4v) is 3.03. The van der Waals surface area contributed by atoms with E-state index in [2.05, 4.69) is 15.6 Å². The number of piperazine rings is 1. The number of hydrogen-bond acceptors (Lipinski definition) is 4. The van der Waals surface area contributed by atoms with E-state index in [1.54, 1.807) is 14.2 Å². The zero-order chi connectivity index (χ0) is 21.4. The van der Waals surface area contributed by atoms with Crippen molar-refractivity contribution in [2.45, 2.75) is 25.7 Å². The van der Waals surface area contributed by atoms with Gasteiger partial charge in [-0.1, -0.05) is 12.1 Å². The lowest BCUT2D eigenvalue weighted by Crippen LogP contribution is -2.57. The van der Waals surface area contributed by atoms with Crippen LogP contribution in [-0.2, 0) is 11.3 Å². The smallest absolute Gasteiger partial charge is 0.403 e. The Labute approximate surface area is 168 Å². The van der Waals surface area contributed by atoms with Gasteiger partial charge in [0.1, 0.15) is 11.8 Å². The largest absolute Gasteiger partial charge is 0.497 e. The third kappa shape index (κ3) is 6.81. The maximum Gasteiger partial charge on any atom is 0.403 e. The second-order valence-electron chi connectivity index (χ2n) is 6.77. The summed E-state index contributed by atoms with van der Waals surface area (Å²) in [5.74, 6) is 1.05. The van der Waals surface area contributed by atoms with Crippen LogP contribution in [0.4, 0.5) is 13.2 Å². The third-order valence-electron chi connectivity index (χ3n) is 4.90. The van der Waals surface area contributed by atoms with Crippen LogP contribution >= 0.6 is 0 Å². The van der Waals surface area contributed by atoms with Crippen LogP contribution in [0.3, 0.4) is 0 Å². The number of aliphatic imine (C=N–C) groups is 1. The minimum absolute atomic E-state index is 0.0298. The predicted molar refractivity (Wildman–Crippen MR) is 105 cm³/mol. The molecule has 1 aromatic carbocycles. The molecule has 0 bridgehead atoms. The van der Waals surface area contributed by atoms with E-state index < -0.39 is 12.2 Å². The van der Waals surface area contributed by atoms with Gasteiger partial charge in [0.25, 0.3) is 0 Å². The minimum Gasteiger partial charge on any atom is -0.497 e. The van der Waals surface area contributed by atoms with E-state index in [0.717, 1.165) is 11.3 Å². The number of halogens is 3. The maximum atomic E-state index is 12.9. The Bertz CT molecular complexity index is 686. The zero-order valence-corrected chi connectivity index (χ0v) is 16.9. The molecule has 0 radical (unpaired) electrons. The Morgan fingerprint density at radius 1 is 1.17 bits per heavy atom. The van der Waals surface area contributed by atoms with Gasteiger partial charge in [-0.25, -0.2) is 0 Å². The third-order valence-corrected chi connectivity index (χ3v) is 4.90. The van der Waals surface area contributed by atoms with Gasteiger partial charge in [0.2, 0.25) is 5.91 Å². The first-order valence-electron chi connectivity index (χ1n) is 9.40. The van der Waals surface area contributed by atoms with Crippen LogP contribution in [0, 0.1) is 0 Å². The lowest BCUT2D eigenvalue weighted by molar-refractivity contribution is -0.181. The van der Waals surface area contributed by atoms with Crippen molar-refractivity contribution in [3.05, 3.63) is 29.8 Å². The zero-order valence-electron chi connectivity index (χ0n) is 16.9. The van der Waals surface area contributed by atoms with Crippen molar-refractivity contribution in [3.8, 4) is 5.75 Å². The molecule has 1 aromatic rings. The average molecular weight is 415 g/mol. The highest BCUT2D eigenvalue weighted by molar-refractivity contribution is 5.86. The van der Waals surface area contributed by atoms with Crippen molar-refractivity contribution in [2.75, 3.05) is 46.9 Å². The molecule has 1 aliphatic rings. The van der Waals surface area contributed by atoms with Gasteiger partial charge < -0.3 is 20.3 Å². The molecule has 0 aromatic heterocycles. The van der Waals surface area contributed by atoms with Crippen LogP contribution < -0.4 is 15.4 Å². The summed E-state index contributed by atoms with van der Waals surface area (Å²) in [6, 6.07) is 5.91. The van der Waals surface area contributed by atoms with E-state index >= 15 is 0 Å². The Hall–Kier alpha value is -2.49. The first kappa shape index (κ1) is 22.8. The van der Waals surface area contributed by atoms with Gasteiger partial charge in [0.05, 0.1) is 13.7 Å². The van der Waals surface area contributed by atoms with Crippen LogP contribution in [0.2, 0.25) is 0 Å². The molecule has 29 heavy (non-hydrogen) atoms. The molecule has 2 rings (SSSR count). The number of carbonyl (C=O) groups excluding carboxylic acids is 1. The Balaban J connectivity index is 1.75. The lowest BCUT2D eigenvalue weighted by Gasteiger charge is -2.39. The molecule has 1 aliphatic heterocycles. The molecule has 0 aliphatic carbocycles.